The van der Waals surface area contributed by atoms with Crippen LogP contribution in [0.3, 0.4) is 0 Å². The smallest absolute Gasteiger partial charge is 0.0447 e. The lowest BCUT2D eigenvalue weighted by molar-refractivity contribution is 1.08. The summed E-state index contributed by atoms with van der Waals surface area (Å²) in [4.78, 5) is 0. The highest BCUT2D eigenvalue weighted by Crippen LogP contribution is 2.21. The van der Waals surface area contributed by atoms with Crippen LogP contribution >= 0.6 is 22.6 Å². The van der Waals surface area contributed by atoms with Crippen LogP contribution in [0.25, 0.3) is 0 Å². The molecule has 1 unspecified atom stereocenters. The Bertz CT molecular complexity index is 226. The van der Waals surface area contributed by atoms with E-state index in [0.717, 1.165) is 6.54 Å². The average Bonchev–Trinajstić information content (AvgIpc) is 2.71. The van der Waals surface area contributed by atoms with Crippen LogP contribution in [0.5, 0.6) is 0 Å². The van der Waals surface area contributed by atoms with Crippen molar-refractivity contribution in [2.45, 2.75) is 6.04 Å². The first-order chi connectivity index (χ1) is 4.86. The van der Waals surface area contributed by atoms with Crippen molar-refractivity contribution >= 4 is 22.6 Å². The van der Waals surface area contributed by atoms with Gasteiger partial charge in [-0.05, 0) is 40.3 Å². The molecule has 1 saturated heterocycles. The van der Waals surface area contributed by atoms with Gasteiger partial charge in [-0.3, -0.25) is 0 Å². The van der Waals surface area contributed by atoms with Crippen molar-refractivity contribution in [1.82, 2.24) is 5.32 Å². The van der Waals surface area contributed by atoms with Gasteiger partial charge in [0.05, 0.1) is 0 Å². The van der Waals surface area contributed by atoms with E-state index in [-0.39, 0.29) is 0 Å². The molecule has 52 valence electrons. The molecule has 0 aliphatic carbocycles. The highest BCUT2D eigenvalue weighted by atomic mass is 127. The zero-order valence-electron chi connectivity index (χ0n) is 5.47. The lowest BCUT2D eigenvalue weighted by atomic mass is 10.2. The third kappa shape index (κ3) is 1.32. The Morgan fingerprint density at radius 1 is 1.30 bits per heavy atom. The summed E-state index contributed by atoms with van der Waals surface area (Å²) in [6.45, 7) is 1.15. The average molecular weight is 245 g/mol. The van der Waals surface area contributed by atoms with Crippen LogP contribution in [-0.2, 0) is 0 Å². The molecule has 1 aliphatic heterocycles. The van der Waals surface area contributed by atoms with Gasteiger partial charge in [-0.15, -0.1) is 0 Å². The third-order valence-electron chi connectivity index (χ3n) is 1.68. The van der Waals surface area contributed by atoms with E-state index in [1.807, 2.05) is 0 Å². The highest BCUT2D eigenvalue weighted by molar-refractivity contribution is 14.1. The molecule has 0 radical (unpaired) electrons. The second kappa shape index (κ2) is 2.51. The Kier molecular flexibility index (Phi) is 1.66. The zero-order chi connectivity index (χ0) is 6.97. The van der Waals surface area contributed by atoms with Crippen molar-refractivity contribution in [3.8, 4) is 0 Å². The lowest BCUT2D eigenvalue weighted by Crippen LogP contribution is -1.82. The number of benzene rings is 1. The molecule has 1 aromatic rings. The maximum absolute atomic E-state index is 3.27. The van der Waals surface area contributed by atoms with Crippen molar-refractivity contribution in [2.24, 2.45) is 0 Å². The monoisotopic (exact) mass is 245 g/mol. The van der Waals surface area contributed by atoms with Gasteiger partial charge >= 0.3 is 0 Å². The maximum atomic E-state index is 3.27. The molecule has 1 fully saturated rings. The van der Waals surface area contributed by atoms with Gasteiger partial charge in [0.25, 0.3) is 0 Å². The molecule has 0 bridgehead atoms. The van der Waals surface area contributed by atoms with Gasteiger partial charge in [0.1, 0.15) is 0 Å². The number of hydrogen-bond donors (Lipinski definition) is 1. The SMILES string of the molecule is Ic1ccc(C2CN2)cc1. The van der Waals surface area contributed by atoms with Gasteiger partial charge in [0, 0.05) is 16.2 Å². The molecule has 0 saturated carbocycles. The van der Waals surface area contributed by atoms with Crippen LogP contribution in [0.15, 0.2) is 24.3 Å². The van der Waals surface area contributed by atoms with E-state index in [9.17, 15) is 0 Å². The van der Waals surface area contributed by atoms with Gasteiger partial charge in [0.15, 0.2) is 0 Å². The second-order valence-corrected chi connectivity index (χ2v) is 3.76. The van der Waals surface area contributed by atoms with Crippen LogP contribution in [0, 0.1) is 3.57 Å². The number of nitrogens with one attached hydrogen (secondary N) is 1. The number of hydrogen-bond acceptors (Lipinski definition) is 1. The molecule has 10 heavy (non-hydrogen) atoms. The molecule has 1 aromatic carbocycles. The summed E-state index contributed by atoms with van der Waals surface area (Å²) in [7, 11) is 0. The van der Waals surface area contributed by atoms with Crippen molar-refractivity contribution < 1.29 is 0 Å². The zero-order valence-corrected chi connectivity index (χ0v) is 7.63. The highest BCUT2D eigenvalue weighted by Gasteiger charge is 2.21. The first kappa shape index (κ1) is 6.61. The van der Waals surface area contributed by atoms with E-state index >= 15 is 0 Å². The molecular formula is C8H8IN. The Balaban J connectivity index is 2.28. The first-order valence-corrected chi connectivity index (χ1v) is 4.43. The minimum Gasteiger partial charge on any atom is -0.307 e. The van der Waals surface area contributed by atoms with Crippen molar-refractivity contribution in [3.05, 3.63) is 33.4 Å². The van der Waals surface area contributed by atoms with Crippen molar-refractivity contribution in [2.75, 3.05) is 6.54 Å². The van der Waals surface area contributed by atoms with Gasteiger partial charge in [-0.1, -0.05) is 12.1 Å². The number of halogens is 1. The Hall–Kier alpha value is -0.0900. The molecule has 1 N–H and O–H groups in total. The molecule has 2 heteroatoms. The maximum Gasteiger partial charge on any atom is 0.0447 e. The Labute approximate surface area is 74.0 Å². The molecule has 1 heterocycles. The van der Waals surface area contributed by atoms with Gasteiger partial charge < -0.3 is 5.32 Å². The minimum atomic E-state index is 0.650. The first-order valence-electron chi connectivity index (χ1n) is 3.35. The molecule has 1 aliphatic rings. The minimum absolute atomic E-state index is 0.650. The van der Waals surface area contributed by atoms with E-state index in [1.54, 1.807) is 0 Å². The summed E-state index contributed by atoms with van der Waals surface area (Å²) < 4.78 is 1.31. The molecule has 1 atom stereocenters. The summed E-state index contributed by atoms with van der Waals surface area (Å²) >= 11 is 2.32. The normalized spacial score (nSPS) is 22.7. The fraction of sp³-hybridized carbons (Fsp3) is 0.250. The van der Waals surface area contributed by atoms with Crippen molar-refractivity contribution in [3.63, 3.8) is 0 Å². The Morgan fingerprint density at radius 2 is 1.90 bits per heavy atom. The quantitative estimate of drug-likeness (QED) is 0.592. The van der Waals surface area contributed by atoms with E-state index in [1.165, 1.54) is 9.13 Å². The second-order valence-electron chi connectivity index (χ2n) is 2.51. The molecule has 0 spiro atoms. The molecule has 0 amide bonds. The predicted molar refractivity (Wildman–Crippen MR) is 49.9 cm³/mol. The van der Waals surface area contributed by atoms with Crippen molar-refractivity contribution in [1.29, 1.82) is 0 Å². The molecular weight excluding hydrogens is 237 g/mol. The topological polar surface area (TPSA) is 21.9 Å². The largest absolute Gasteiger partial charge is 0.307 e. The van der Waals surface area contributed by atoms with E-state index in [4.69, 9.17) is 0 Å². The standard InChI is InChI=1S/C8H8IN/c9-7-3-1-6(2-4-7)8-5-10-8/h1-4,8,10H,5H2. The van der Waals surface area contributed by atoms with E-state index < -0.39 is 0 Å². The van der Waals surface area contributed by atoms with Gasteiger partial charge in [-0.25, -0.2) is 0 Å². The summed E-state index contributed by atoms with van der Waals surface area (Å²) in [6.07, 6.45) is 0. The van der Waals surface area contributed by atoms with Gasteiger partial charge in [-0.2, -0.15) is 0 Å². The van der Waals surface area contributed by atoms with Crippen LogP contribution in [-0.4, -0.2) is 6.54 Å². The van der Waals surface area contributed by atoms with Gasteiger partial charge in [0.2, 0.25) is 0 Å². The van der Waals surface area contributed by atoms with Crippen LogP contribution in [0.2, 0.25) is 0 Å². The molecule has 2 rings (SSSR count). The molecule has 1 nitrogen and oxygen atoms in total. The van der Waals surface area contributed by atoms with Crippen LogP contribution < -0.4 is 5.32 Å². The van der Waals surface area contributed by atoms with Crippen LogP contribution in [0.1, 0.15) is 11.6 Å². The van der Waals surface area contributed by atoms with E-state index in [0.29, 0.717) is 6.04 Å². The summed E-state index contributed by atoms with van der Waals surface area (Å²) in [6, 6.07) is 9.32. The fourth-order valence-corrected chi connectivity index (χ4v) is 1.35. The summed E-state index contributed by atoms with van der Waals surface area (Å²) in [5.41, 5.74) is 1.42. The Morgan fingerprint density at radius 3 is 2.40 bits per heavy atom. The summed E-state index contributed by atoms with van der Waals surface area (Å²) in [5, 5.41) is 3.27. The third-order valence-corrected chi connectivity index (χ3v) is 2.40. The lowest BCUT2D eigenvalue weighted by Gasteiger charge is -1.94. The predicted octanol–water partition coefficient (Wildman–Crippen LogP) is 1.94. The number of rotatable bonds is 1. The van der Waals surface area contributed by atoms with Crippen LogP contribution in [0.4, 0.5) is 0 Å². The molecule has 0 aromatic heterocycles. The van der Waals surface area contributed by atoms with E-state index in [2.05, 4.69) is 52.2 Å². The summed E-state index contributed by atoms with van der Waals surface area (Å²) in [5.74, 6) is 0. The fourth-order valence-electron chi connectivity index (χ4n) is 0.990.